The third-order valence-corrected chi connectivity index (χ3v) is 4.74. The summed E-state index contributed by atoms with van der Waals surface area (Å²) in [5.41, 5.74) is 6.31. The number of nitrogens with two attached hydrogens (primary N) is 1. The molecule has 1 fully saturated rings. The van der Waals surface area contributed by atoms with Crippen LogP contribution in [0, 0.1) is 0 Å². The quantitative estimate of drug-likeness (QED) is 0.931. The van der Waals surface area contributed by atoms with Gasteiger partial charge in [0.25, 0.3) is 0 Å². The molecule has 1 atom stereocenters. The van der Waals surface area contributed by atoms with E-state index in [2.05, 4.69) is 17.0 Å². The number of para-hydroxylation sites is 1. The Hall–Kier alpha value is -1.46. The van der Waals surface area contributed by atoms with Crippen molar-refractivity contribution in [2.24, 2.45) is 5.73 Å². The summed E-state index contributed by atoms with van der Waals surface area (Å²) in [5, 5.41) is 1.17. The summed E-state index contributed by atoms with van der Waals surface area (Å²) in [6.07, 6.45) is 2.72. The van der Waals surface area contributed by atoms with E-state index in [-0.39, 0.29) is 5.91 Å². The number of carbonyl (C=O) groups is 1. The second-order valence-corrected chi connectivity index (χ2v) is 5.99. The fraction of sp³-hybridized carbons (Fsp3) is 0.429. The van der Waals surface area contributed by atoms with Crippen molar-refractivity contribution in [3.8, 4) is 0 Å². The first kappa shape index (κ1) is 12.6. The van der Waals surface area contributed by atoms with Crippen LogP contribution in [0.4, 0.5) is 0 Å². The van der Waals surface area contributed by atoms with Crippen molar-refractivity contribution < 1.29 is 4.79 Å². The molecule has 0 saturated carbocycles. The van der Waals surface area contributed by atoms with Crippen LogP contribution in [-0.2, 0) is 4.79 Å². The topological polar surface area (TPSA) is 59.2 Å². The predicted molar refractivity (Wildman–Crippen MR) is 77.0 cm³/mol. The summed E-state index contributed by atoms with van der Waals surface area (Å²) in [6, 6.07) is 8.59. The summed E-state index contributed by atoms with van der Waals surface area (Å²) < 4.78 is 1.24. The first-order valence-electron chi connectivity index (χ1n) is 6.62. The first-order valence-corrected chi connectivity index (χ1v) is 7.43. The number of hydrogen-bond acceptors (Lipinski definition) is 4. The smallest absolute Gasteiger partial charge is 0.218 e. The molecular formula is C14H17N3OS. The molecule has 1 aliphatic rings. The lowest BCUT2D eigenvalue weighted by Gasteiger charge is -2.21. The highest BCUT2D eigenvalue weighted by atomic mass is 32.1. The number of primary amides is 1. The van der Waals surface area contributed by atoms with Crippen LogP contribution in [0.5, 0.6) is 0 Å². The predicted octanol–water partition coefficient (Wildman–Crippen LogP) is 2.31. The van der Waals surface area contributed by atoms with Gasteiger partial charge >= 0.3 is 0 Å². The average Bonchev–Trinajstić information content (AvgIpc) is 3.02. The molecule has 1 saturated heterocycles. The van der Waals surface area contributed by atoms with Crippen molar-refractivity contribution >= 4 is 27.5 Å². The molecule has 2 N–H and O–H groups in total. The van der Waals surface area contributed by atoms with Gasteiger partial charge < -0.3 is 5.73 Å². The van der Waals surface area contributed by atoms with Crippen LogP contribution in [0.2, 0.25) is 0 Å². The summed E-state index contributed by atoms with van der Waals surface area (Å²) in [4.78, 5) is 18.0. The lowest BCUT2D eigenvalue weighted by Crippen LogP contribution is -2.27. The fourth-order valence-corrected chi connectivity index (χ4v) is 3.80. The van der Waals surface area contributed by atoms with E-state index in [0.29, 0.717) is 12.5 Å². The minimum Gasteiger partial charge on any atom is -0.370 e. The van der Waals surface area contributed by atoms with Gasteiger partial charge in [-0.25, -0.2) is 4.98 Å². The van der Waals surface area contributed by atoms with Crippen molar-refractivity contribution in [1.82, 2.24) is 9.88 Å². The van der Waals surface area contributed by atoms with Gasteiger partial charge in [0.2, 0.25) is 5.91 Å². The number of thiazole rings is 1. The number of nitrogens with zero attached hydrogens (tertiary/aromatic N) is 2. The van der Waals surface area contributed by atoms with Gasteiger partial charge in [-0.15, -0.1) is 11.3 Å². The van der Waals surface area contributed by atoms with Gasteiger partial charge in [0.15, 0.2) is 0 Å². The van der Waals surface area contributed by atoms with Crippen LogP contribution in [0.3, 0.4) is 0 Å². The molecule has 1 aromatic carbocycles. The maximum atomic E-state index is 10.9. The third kappa shape index (κ3) is 2.62. The van der Waals surface area contributed by atoms with Gasteiger partial charge in [0.1, 0.15) is 5.01 Å². The van der Waals surface area contributed by atoms with Crippen LogP contribution >= 0.6 is 11.3 Å². The van der Waals surface area contributed by atoms with Crippen LogP contribution in [-0.4, -0.2) is 28.9 Å². The Morgan fingerprint density at radius 1 is 1.47 bits per heavy atom. The molecule has 3 rings (SSSR count). The average molecular weight is 275 g/mol. The van der Waals surface area contributed by atoms with Gasteiger partial charge in [0.05, 0.1) is 16.3 Å². The highest BCUT2D eigenvalue weighted by molar-refractivity contribution is 7.18. The molecule has 0 aliphatic carbocycles. The number of hydrogen-bond donors (Lipinski definition) is 1. The molecular weight excluding hydrogens is 258 g/mol. The van der Waals surface area contributed by atoms with Crippen molar-refractivity contribution in [2.75, 3.05) is 13.1 Å². The highest BCUT2D eigenvalue weighted by Crippen LogP contribution is 2.36. The first-order chi connectivity index (χ1) is 9.24. The largest absolute Gasteiger partial charge is 0.370 e. The van der Waals surface area contributed by atoms with E-state index >= 15 is 0 Å². The molecule has 1 aromatic heterocycles. The summed E-state index contributed by atoms with van der Waals surface area (Å²) >= 11 is 1.76. The fourth-order valence-electron chi connectivity index (χ4n) is 2.66. The van der Waals surface area contributed by atoms with E-state index in [4.69, 9.17) is 10.7 Å². The van der Waals surface area contributed by atoms with Gasteiger partial charge in [0, 0.05) is 13.0 Å². The van der Waals surface area contributed by atoms with Gasteiger partial charge in [-0.3, -0.25) is 9.69 Å². The van der Waals surface area contributed by atoms with E-state index in [9.17, 15) is 4.79 Å². The normalized spacial score (nSPS) is 20.1. The molecule has 1 unspecified atom stereocenters. The highest BCUT2D eigenvalue weighted by Gasteiger charge is 2.28. The van der Waals surface area contributed by atoms with Crippen LogP contribution in [0.25, 0.3) is 10.2 Å². The molecule has 0 spiro atoms. The molecule has 5 heteroatoms. The Morgan fingerprint density at radius 2 is 2.32 bits per heavy atom. The zero-order valence-electron chi connectivity index (χ0n) is 10.7. The van der Waals surface area contributed by atoms with Crippen molar-refractivity contribution in [2.45, 2.75) is 25.3 Å². The zero-order chi connectivity index (χ0) is 13.2. The summed E-state index contributed by atoms with van der Waals surface area (Å²) in [5.74, 6) is -0.227. The second-order valence-electron chi connectivity index (χ2n) is 4.93. The molecule has 1 aliphatic heterocycles. The minimum absolute atomic E-state index is 0.227. The van der Waals surface area contributed by atoms with Gasteiger partial charge in [-0.2, -0.15) is 0 Å². The molecule has 100 valence electrons. The van der Waals surface area contributed by atoms with Gasteiger partial charge in [-0.05, 0) is 31.5 Å². The lowest BCUT2D eigenvalue weighted by atomic mass is 10.2. The number of fused-ring (bicyclic) bond motifs is 1. The van der Waals surface area contributed by atoms with Gasteiger partial charge in [-0.1, -0.05) is 12.1 Å². The lowest BCUT2D eigenvalue weighted by molar-refractivity contribution is -0.118. The Bertz CT molecular complexity index is 562. The Morgan fingerprint density at radius 3 is 3.11 bits per heavy atom. The zero-order valence-corrected chi connectivity index (χ0v) is 11.5. The molecule has 0 radical (unpaired) electrons. The van der Waals surface area contributed by atoms with Crippen LogP contribution < -0.4 is 5.73 Å². The Kier molecular flexibility index (Phi) is 3.48. The van der Waals surface area contributed by atoms with Crippen LogP contribution in [0.1, 0.15) is 30.3 Å². The third-order valence-electron chi connectivity index (χ3n) is 3.60. The maximum absolute atomic E-state index is 10.9. The number of amides is 1. The second kappa shape index (κ2) is 5.27. The van der Waals surface area contributed by atoms with E-state index in [1.54, 1.807) is 11.3 Å². The Balaban J connectivity index is 1.81. The summed E-state index contributed by atoms with van der Waals surface area (Å²) in [6.45, 7) is 1.78. The molecule has 19 heavy (non-hydrogen) atoms. The number of rotatable bonds is 4. The number of benzene rings is 1. The van der Waals surface area contributed by atoms with Crippen LogP contribution in [0.15, 0.2) is 24.3 Å². The Labute approximate surface area is 116 Å². The van der Waals surface area contributed by atoms with Crippen molar-refractivity contribution in [3.05, 3.63) is 29.3 Å². The molecule has 2 aromatic rings. The molecule has 4 nitrogen and oxygen atoms in total. The van der Waals surface area contributed by atoms with E-state index < -0.39 is 0 Å². The SMILES string of the molecule is NC(=O)CCN1CCCC1c1nc2ccccc2s1. The molecule has 2 heterocycles. The minimum atomic E-state index is -0.227. The van der Waals surface area contributed by atoms with Crippen molar-refractivity contribution in [1.29, 1.82) is 0 Å². The molecule has 0 bridgehead atoms. The molecule has 1 amide bonds. The monoisotopic (exact) mass is 275 g/mol. The van der Waals surface area contributed by atoms with Crippen molar-refractivity contribution in [3.63, 3.8) is 0 Å². The van der Waals surface area contributed by atoms with E-state index in [1.807, 2.05) is 12.1 Å². The standard InChI is InChI=1S/C14H17N3OS/c15-13(18)7-9-17-8-3-5-11(17)14-16-10-4-1-2-6-12(10)19-14/h1-2,4,6,11H,3,5,7-9H2,(H2,15,18). The maximum Gasteiger partial charge on any atom is 0.218 e. The number of aromatic nitrogens is 1. The number of carbonyl (C=O) groups excluding carboxylic acids is 1. The number of likely N-dealkylation sites (tertiary alicyclic amines) is 1. The van der Waals surface area contributed by atoms with E-state index in [0.717, 1.165) is 25.0 Å². The summed E-state index contributed by atoms with van der Waals surface area (Å²) in [7, 11) is 0. The van der Waals surface area contributed by atoms with E-state index in [1.165, 1.54) is 16.1 Å².